The van der Waals surface area contributed by atoms with Gasteiger partial charge in [0.25, 0.3) is 5.91 Å². The van der Waals surface area contributed by atoms with Gasteiger partial charge >= 0.3 is 0 Å². The fourth-order valence-electron chi connectivity index (χ4n) is 2.96. The first kappa shape index (κ1) is 25.1. The van der Waals surface area contributed by atoms with E-state index in [0.29, 0.717) is 5.75 Å². The standard InChI is InChI=1S/C22H35NO5S/c1-2-3-4-5-6-7-8-9-10-11-13-29-14-12-20(26)23-22(28)17-15-18(24)21(27)19(25)16-17/h15-16,24-25,27H,2-14H2,1H3,(H,23,26,28). The average Bonchev–Trinajstić information content (AvgIpc) is 2.69. The SMILES string of the molecule is CCCCCCCCCCCCSCCC(=O)NC(=O)c1cc(O)c(O)c(O)c1. The third-order valence-electron chi connectivity index (χ3n) is 4.70. The Balaban J connectivity index is 2.04. The van der Waals surface area contributed by atoms with Gasteiger partial charge in [0.1, 0.15) is 0 Å². The van der Waals surface area contributed by atoms with Gasteiger partial charge in [-0.2, -0.15) is 11.8 Å². The second-order valence-electron chi connectivity index (χ2n) is 7.28. The number of phenolic OH excluding ortho intramolecular Hbond substituents is 3. The number of hydrogen-bond donors (Lipinski definition) is 4. The van der Waals surface area contributed by atoms with E-state index in [2.05, 4.69) is 12.2 Å². The van der Waals surface area contributed by atoms with Crippen LogP contribution >= 0.6 is 11.8 Å². The molecule has 0 radical (unpaired) electrons. The van der Waals surface area contributed by atoms with Crippen molar-refractivity contribution in [1.29, 1.82) is 0 Å². The first-order chi connectivity index (χ1) is 14.0. The van der Waals surface area contributed by atoms with Crippen molar-refractivity contribution in [3.63, 3.8) is 0 Å². The normalized spacial score (nSPS) is 10.8. The second-order valence-corrected chi connectivity index (χ2v) is 8.51. The van der Waals surface area contributed by atoms with Crippen molar-refractivity contribution in [2.24, 2.45) is 0 Å². The zero-order valence-corrected chi connectivity index (χ0v) is 18.2. The van der Waals surface area contributed by atoms with Crippen LogP contribution in [0.4, 0.5) is 0 Å². The smallest absolute Gasteiger partial charge is 0.258 e. The van der Waals surface area contributed by atoms with E-state index in [1.807, 2.05) is 0 Å². The Morgan fingerprint density at radius 2 is 1.34 bits per heavy atom. The van der Waals surface area contributed by atoms with E-state index in [1.165, 1.54) is 57.8 Å². The molecule has 7 heteroatoms. The van der Waals surface area contributed by atoms with E-state index in [1.54, 1.807) is 11.8 Å². The fraction of sp³-hybridized carbons (Fsp3) is 0.636. The Hall–Kier alpha value is -1.89. The molecule has 0 spiro atoms. The van der Waals surface area contributed by atoms with Gasteiger partial charge in [-0.3, -0.25) is 14.9 Å². The lowest BCUT2D eigenvalue weighted by Crippen LogP contribution is -2.30. The molecular formula is C22H35NO5S. The second kappa shape index (κ2) is 15.0. The lowest BCUT2D eigenvalue weighted by molar-refractivity contribution is -0.119. The molecule has 0 saturated heterocycles. The molecule has 0 bridgehead atoms. The van der Waals surface area contributed by atoms with Gasteiger partial charge in [0.05, 0.1) is 0 Å². The molecule has 164 valence electrons. The third-order valence-corrected chi connectivity index (χ3v) is 5.77. The quantitative estimate of drug-likeness (QED) is 0.230. The number of carbonyl (C=O) groups is 2. The molecule has 0 unspecified atom stereocenters. The molecule has 2 amide bonds. The molecule has 29 heavy (non-hydrogen) atoms. The molecule has 1 aromatic carbocycles. The molecule has 1 aromatic rings. The zero-order valence-electron chi connectivity index (χ0n) is 17.4. The van der Waals surface area contributed by atoms with Crippen LogP contribution in [0.5, 0.6) is 17.2 Å². The van der Waals surface area contributed by atoms with Crippen molar-refractivity contribution in [3.05, 3.63) is 17.7 Å². The van der Waals surface area contributed by atoms with Crippen LogP contribution in [0.2, 0.25) is 0 Å². The molecule has 0 aliphatic heterocycles. The van der Waals surface area contributed by atoms with Crippen molar-refractivity contribution in [3.8, 4) is 17.2 Å². The first-order valence-corrected chi connectivity index (χ1v) is 11.8. The minimum Gasteiger partial charge on any atom is -0.504 e. The van der Waals surface area contributed by atoms with E-state index < -0.39 is 29.1 Å². The van der Waals surface area contributed by atoms with Gasteiger partial charge in [-0.25, -0.2) is 0 Å². The summed E-state index contributed by atoms with van der Waals surface area (Å²) in [5.74, 6) is -1.40. The highest BCUT2D eigenvalue weighted by Gasteiger charge is 2.15. The number of imide groups is 1. The molecule has 0 aliphatic carbocycles. The summed E-state index contributed by atoms with van der Waals surface area (Å²) in [7, 11) is 0. The van der Waals surface area contributed by atoms with Crippen LogP contribution in [0.3, 0.4) is 0 Å². The summed E-state index contributed by atoms with van der Waals surface area (Å²) in [4.78, 5) is 23.8. The minimum absolute atomic E-state index is 0.0934. The predicted molar refractivity (Wildman–Crippen MR) is 118 cm³/mol. The van der Waals surface area contributed by atoms with Gasteiger partial charge in [-0.05, 0) is 24.3 Å². The maximum absolute atomic E-state index is 12.0. The van der Waals surface area contributed by atoms with Crippen molar-refractivity contribution >= 4 is 23.6 Å². The first-order valence-electron chi connectivity index (χ1n) is 10.6. The van der Waals surface area contributed by atoms with Crippen molar-refractivity contribution in [2.45, 2.75) is 77.6 Å². The van der Waals surface area contributed by atoms with Crippen LogP contribution in [0.25, 0.3) is 0 Å². The average molecular weight is 426 g/mol. The maximum atomic E-state index is 12.0. The van der Waals surface area contributed by atoms with Gasteiger partial charge in [0.15, 0.2) is 17.2 Å². The Morgan fingerprint density at radius 3 is 1.90 bits per heavy atom. The third kappa shape index (κ3) is 11.0. The van der Waals surface area contributed by atoms with Crippen LogP contribution in [-0.4, -0.2) is 38.6 Å². The van der Waals surface area contributed by atoms with Crippen LogP contribution < -0.4 is 5.32 Å². The maximum Gasteiger partial charge on any atom is 0.258 e. The van der Waals surface area contributed by atoms with Crippen molar-refractivity contribution in [1.82, 2.24) is 5.32 Å². The van der Waals surface area contributed by atoms with E-state index in [-0.39, 0.29) is 12.0 Å². The Kier molecular flexibility index (Phi) is 13.0. The number of carbonyl (C=O) groups excluding carboxylic acids is 2. The topological polar surface area (TPSA) is 107 Å². The van der Waals surface area contributed by atoms with E-state index >= 15 is 0 Å². The number of unbranched alkanes of at least 4 members (excludes halogenated alkanes) is 9. The highest BCUT2D eigenvalue weighted by Crippen LogP contribution is 2.35. The molecule has 6 nitrogen and oxygen atoms in total. The monoisotopic (exact) mass is 425 g/mol. The van der Waals surface area contributed by atoms with Gasteiger partial charge < -0.3 is 15.3 Å². The number of thioether (sulfide) groups is 1. The Labute approximate surface area is 178 Å². The van der Waals surface area contributed by atoms with Crippen molar-refractivity contribution < 1.29 is 24.9 Å². The number of nitrogens with one attached hydrogen (secondary N) is 1. The number of benzene rings is 1. The van der Waals surface area contributed by atoms with Gasteiger partial charge in [-0.1, -0.05) is 64.7 Å². The summed E-state index contributed by atoms with van der Waals surface area (Å²) in [6.45, 7) is 2.24. The number of hydrogen-bond acceptors (Lipinski definition) is 6. The molecule has 1 rings (SSSR count). The molecule has 0 atom stereocenters. The Morgan fingerprint density at radius 1 is 0.828 bits per heavy atom. The predicted octanol–water partition coefficient (Wildman–Crippen LogP) is 5.10. The van der Waals surface area contributed by atoms with E-state index in [0.717, 1.165) is 24.3 Å². The minimum atomic E-state index is -0.722. The van der Waals surface area contributed by atoms with Gasteiger partial charge in [-0.15, -0.1) is 0 Å². The number of rotatable bonds is 15. The van der Waals surface area contributed by atoms with E-state index in [9.17, 15) is 24.9 Å². The highest BCUT2D eigenvalue weighted by molar-refractivity contribution is 7.99. The molecule has 0 fully saturated rings. The van der Waals surface area contributed by atoms with Crippen LogP contribution in [0, 0.1) is 0 Å². The molecule has 0 aromatic heterocycles. The van der Waals surface area contributed by atoms with E-state index in [4.69, 9.17) is 0 Å². The molecular weight excluding hydrogens is 390 g/mol. The lowest BCUT2D eigenvalue weighted by Gasteiger charge is -2.07. The zero-order chi connectivity index (χ0) is 21.5. The lowest BCUT2D eigenvalue weighted by atomic mass is 10.1. The summed E-state index contributed by atoms with van der Waals surface area (Å²) in [5, 5.41) is 30.3. The summed E-state index contributed by atoms with van der Waals surface area (Å²) in [6, 6.07) is 2.00. The largest absolute Gasteiger partial charge is 0.504 e. The number of amides is 2. The molecule has 4 N–H and O–H groups in total. The fourth-order valence-corrected chi connectivity index (χ4v) is 3.90. The summed E-state index contributed by atoms with van der Waals surface area (Å²) < 4.78 is 0. The van der Waals surface area contributed by atoms with Gasteiger partial charge in [0.2, 0.25) is 5.91 Å². The van der Waals surface area contributed by atoms with Crippen LogP contribution in [0.1, 0.15) is 87.9 Å². The number of phenols is 3. The van der Waals surface area contributed by atoms with Crippen molar-refractivity contribution in [2.75, 3.05) is 11.5 Å². The summed E-state index contributed by atoms with van der Waals surface area (Å²) in [5.41, 5.74) is -0.0934. The molecule has 0 aliphatic rings. The van der Waals surface area contributed by atoms with Gasteiger partial charge in [0, 0.05) is 17.7 Å². The Bertz CT molecular complexity index is 613. The summed E-state index contributed by atoms with van der Waals surface area (Å²) in [6.07, 6.45) is 13.2. The highest BCUT2D eigenvalue weighted by atomic mass is 32.2. The number of aromatic hydroxyl groups is 3. The summed E-state index contributed by atoms with van der Waals surface area (Å²) >= 11 is 1.70. The van der Waals surface area contributed by atoms with Crippen LogP contribution in [-0.2, 0) is 4.79 Å². The molecule has 0 heterocycles. The van der Waals surface area contributed by atoms with Crippen LogP contribution in [0.15, 0.2) is 12.1 Å². The molecule has 0 saturated carbocycles.